The molecule has 2 aliphatic carbocycles. The summed E-state index contributed by atoms with van der Waals surface area (Å²) in [5, 5.41) is 15.2. The highest BCUT2D eigenvalue weighted by atomic mass is 35.5. The van der Waals surface area contributed by atoms with E-state index in [0.29, 0.717) is 39.4 Å². The number of imide groups is 2. The highest BCUT2D eigenvalue weighted by molar-refractivity contribution is 6.31. The number of likely N-dealkylation sites (tertiary alicyclic amines) is 1. The van der Waals surface area contributed by atoms with E-state index >= 15 is 0 Å². The van der Waals surface area contributed by atoms with Crippen molar-refractivity contribution in [3.05, 3.63) is 58.1 Å². The Kier molecular flexibility index (Phi) is 10.4. The molecule has 2 aromatic rings. The van der Waals surface area contributed by atoms with Crippen molar-refractivity contribution in [3.8, 4) is 11.8 Å². The van der Waals surface area contributed by atoms with Gasteiger partial charge in [-0.05, 0) is 81.4 Å². The van der Waals surface area contributed by atoms with Crippen LogP contribution in [0.5, 0.6) is 5.75 Å². The summed E-state index contributed by atoms with van der Waals surface area (Å²) in [6.45, 7) is 15.2. The van der Waals surface area contributed by atoms with Crippen molar-refractivity contribution in [2.75, 3.05) is 50.7 Å². The highest BCUT2D eigenvalue weighted by Crippen LogP contribution is 2.56. The molecule has 1 unspecified atom stereocenters. The van der Waals surface area contributed by atoms with Gasteiger partial charge in [0.05, 0.1) is 21.7 Å². The summed E-state index contributed by atoms with van der Waals surface area (Å²) in [5.74, 6) is -0.534. The number of nitriles is 1. The second kappa shape index (κ2) is 15.0. The Bertz CT molecular complexity index is 2010. The van der Waals surface area contributed by atoms with Crippen molar-refractivity contribution in [2.24, 2.45) is 22.7 Å². The van der Waals surface area contributed by atoms with E-state index in [4.69, 9.17) is 16.3 Å². The van der Waals surface area contributed by atoms with Gasteiger partial charge < -0.3 is 19.9 Å². The van der Waals surface area contributed by atoms with Crippen molar-refractivity contribution in [1.82, 2.24) is 25.3 Å². The Balaban J connectivity index is 0.756. The molecule has 4 heterocycles. The molecule has 4 aliphatic heterocycles. The molecule has 5 fully saturated rings. The first-order chi connectivity index (χ1) is 27.1. The van der Waals surface area contributed by atoms with Crippen LogP contribution in [-0.4, -0.2) is 114 Å². The maximum absolute atomic E-state index is 13.5. The monoisotopic (exact) mass is 797 g/mol. The third-order valence-corrected chi connectivity index (χ3v) is 14.1. The minimum absolute atomic E-state index is 0.0291. The van der Waals surface area contributed by atoms with Crippen molar-refractivity contribution in [2.45, 2.75) is 90.4 Å². The molecule has 14 heteroatoms. The molecule has 3 saturated heterocycles. The number of hydrogen-bond acceptors (Lipinski definition) is 10. The molecule has 1 atom stereocenters. The van der Waals surface area contributed by atoms with Gasteiger partial charge in [-0.2, -0.15) is 5.26 Å². The number of rotatable bonds is 9. The Labute approximate surface area is 339 Å². The average molecular weight is 798 g/mol. The quantitative estimate of drug-likeness (QED) is 0.353. The van der Waals surface area contributed by atoms with Crippen LogP contribution >= 0.6 is 11.6 Å². The predicted octanol–water partition coefficient (Wildman–Crippen LogP) is 4.22. The normalized spacial score (nSPS) is 28.9. The number of piperazine rings is 1. The van der Waals surface area contributed by atoms with E-state index in [9.17, 15) is 29.2 Å². The second-order valence-electron chi connectivity index (χ2n) is 18.1. The number of carbonyl (C=O) groups is 5. The molecule has 0 spiro atoms. The third kappa shape index (κ3) is 7.18. The first-order valence-electron chi connectivity index (χ1n) is 20.4. The SMILES string of the molecule is CC1(C)C(NC(=O)C2CC(N3CCC(CN4CCN(c5ccc6c(c5)C(=O)N(C5CCC(=O)NC5=O)C6=O)CC4)CC3)C2)C(C)(C)C1Oc1ccc(C#N)c(Cl)c1. The molecule has 0 radical (unpaired) electrons. The topological polar surface area (TPSA) is 155 Å². The molecule has 6 aliphatic rings. The summed E-state index contributed by atoms with van der Waals surface area (Å²) in [4.78, 5) is 72.4. The molecule has 0 aromatic heterocycles. The van der Waals surface area contributed by atoms with Crippen LogP contribution in [0.3, 0.4) is 0 Å². The van der Waals surface area contributed by atoms with Gasteiger partial charge in [0.1, 0.15) is 24.0 Å². The number of benzene rings is 2. The molecule has 302 valence electrons. The van der Waals surface area contributed by atoms with E-state index in [-0.39, 0.29) is 53.5 Å². The number of nitrogens with zero attached hydrogens (tertiary/aromatic N) is 5. The Hall–Kier alpha value is -4.51. The zero-order valence-electron chi connectivity index (χ0n) is 33.2. The van der Waals surface area contributed by atoms with Crippen LogP contribution < -0.4 is 20.3 Å². The average Bonchev–Trinajstić information content (AvgIpc) is 3.41. The van der Waals surface area contributed by atoms with Crippen molar-refractivity contribution < 1.29 is 28.7 Å². The zero-order chi connectivity index (χ0) is 40.4. The summed E-state index contributed by atoms with van der Waals surface area (Å²) >= 11 is 6.26. The van der Waals surface area contributed by atoms with Gasteiger partial charge in [0.15, 0.2) is 0 Å². The predicted molar refractivity (Wildman–Crippen MR) is 213 cm³/mol. The largest absolute Gasteiger partial charge is 0.489 e. The first kappa shape index (κ1) is 39.3. The van der Waals surface area contributed by atoms with Gasteiger partial charge in [0.25, 0.3) is 11.8 Å². The number of hydrogen-bond donors (Lipinski definition) is 2. The van der Waals surface area contributed by atoms with E-state index in [1.807, 2.05) is 6.07 Å². The summed E-state index contributed by atoms with van der Waals surface area (Å²) in [6, 6.07) is 12.0. The molecule has 57 heavy (non-hydrogen) atoms. The van der Waals surface area contributed by atoms with Gasteiger partial charge in [-0.1, -0.05) is 39.3 Å². The van der Waals surface area contributed by atoms with E-state index < -0.39 is 23.8 Å². The van der Waals surface area contributed by atoms with Crippen LogP contribution in [0.2, 0.25) is 5.02 Å². The summed E-state index contributed by atoms with van der Waals surface area (Å²) in [5.41, 5.74) is 1.34. The third-order valence-electron chi connectivity index (χ3n) is 13.8. The van der Waals surface area contributed by atoms with Gasteiger partial charge in [-0.3, -0.25) is 39.1 Å². The standard InChI is InChI=1S/C43H52ClN7O6/c1-42(2)40(43(3,4)41(42)57-30-7-5-26(23-45)33(44)22-30)47-36(53)27-19-29(20-27)49-13-11-25(12-14-49)24-48-15-17-50(18-16-48)28-6-8-31-32(21-28)39(56)51(38(31)55)34-9-10-35(52)46-37(34)54/h5-8,21-22,25,27,29,34,40-41H,9-20,24H2,1-4H3,(H,47,53)(H,46,52,54). The van der Waals surface area contributed by atoms with Crippen LogP contribution in [0.1, 0.15) is 92.5 Å². The second-order valence-corrected chi connectivity index (χ2v) is 18.5. The lowest BCUT2D eigenvalue weighted by Gasteiger charge is -2.63. The molecule has 2 saturated carbocycles. The van der Waals surface area contributed by atoms with Crippen LogP contribution in [0.4, 0.5) is 5.69 Å². The van der Waals surface area contributed by atoms with Crippen LogP contribution in [0.25, 0.3) is 0 Å². The number of fused-ring (bicyclic) bond motifs is 1. The fraction of sp³-hybridized carbons (Fsp3) is 0.581. The fourth-order valence-electron chi connectivity index (χ4n) is 10.7. The van der Waals surface area contributed by atoms with Gasteiger partial charge in [-0.25, -0.2) is 0 Å². The van der Waals surface area contributed by atoms with E-state index in [1.165, 1.54) is 0 Å². The number of amides is 5. The fourth-order valence-corrected chi connectivity index (χ4v) is 10.9. The van der Waals surface area contributed by atoms with E-state index in [1.54, 1.807) is 30.3 Å². The lowest BCUT2D eigenvalue weighted by Crippen LogP contribution is -2.75. The lowest BCUT2D eigenvalue weighted by atomic mass is 9.49. The molecule has 0 bridgehead atoms. The number of halogens is 1. The summed E-state index contributed by atoms with van der Waals surface area (Å²) in [6.07, 6.45) is 4.19. The zero-order valence-corrected chi connectivity index (χ0v) is 33.9. The molecule has 2 aromatic carbocycles. The van der Waals surface area contributed by atoms with Gasteiger partial charge >= 0.3 is 0 Å². The van der Waals surface area contributed by atoms with Gasteiger partial charge in [0, 0.05) is 79.7 Å². The van der Waals surface area contributed by atoms with Crippen LogP contribution in [0, 0.1) is 34.0 Å². The Morgan fingerprint density at radius 3 is 2.25 bits per heavy atom. The number of piperidine rings is 2. The maximum atomic E-state index is 13.5. The lowest BCUT2D eigenvalue weighted by molar-refractivity contribution is -0.176. The number of anilines is 1. The minimum Gasteiger partial charge on any atom is -0.489 e. The van der Waals surface area contributed by atoms with Crippen molar-refractivity contribution in [1.29, 1.82) is 5.26 Å². The van der Waals surface area contributed by atoms with Gasteiger partial charge in [-0.15, -0.1) is 0 Å². The smallest absolute Gasteiger partial charge is 0.262 e. The summed E-state index contributed by atoms with van der Waals surface area (Å²) < 4.78 is 6.40. The maximum Gasteiger partial charge on any atom is 0.262 e. The van der Waals surface area contributed by atoms with Crippen LogP contribution in [0.15, 0.2) is 36.4 Å². The number of carbonyl (C=O) groups excluding carboxylic acids is 5. The Morgan fingerprint density at radius 2 is 1.60 bits per heavy atom. The molecule has 5 amide bonds. The molecule has 2 N–H and O–H groups in total. The first-order valence-corrected chi connectivity index (χ1v) is 20.8. The molecular weight excluding hydrogens is 746 g/mol. The number of ether oxygens (including phenoxy) is 1. The van der Waals surface area contributed by atoms with Crippen LogP contribution in [-0.2, 0) is 14.4 Å². The Morgan fingerprint density at radius 1 is 0.912 bits per heavy atom. The van der Waals surface area contributed by atoms with E-state index in [0.717, 1.165) is 82.1 Å². The van der Waals surface area contributed by atoms with Gasteiger partial charge in [0.2, 0.25) is 17.7 Å². The summed E-state index contributed by atoms with van der Waals surface area (Å²) in [7, 11) is 0. The number of nitrogens with one attached hydrogen (secondary N) is 2. The highest BCUT2D eigenvalue weighted by Gasteiger charge is 2.64. The van der Waals surface area contributed by atoms with E-state index in [2.05, 4.69) is 59.1 Å². The van der Waals surface area contributed by atoms with Crippen molar-refractivity contribution >= 4 is 46.8 Å². The molecular formula is C43H52ClN7O6. The van der Waals surface area contributed by atoms with Crippen molar-refractivity contribution in [3.63, 3.8) is 0 Å². The minimum atomic E-state index is -0.968. The molecule has 8 rings (SSSR count). The molecule has 13 nitrogen and oxygen atoms in total.